The standard InChI is InChI=1S/C18H15NO4/c20-18(17-9-12-5-1-2-6-14(12)23-17)19-10-13-11-21-15-7-3-4-8-16(15)22-13/h1-9,13H,10-11H2,(H,19,20)/t13-/m1/s1. The summed E-state index contributed by atoms with van der Waals surface area (Å²) in [6.07, 6.45) is -0.224. The number of nitrogens with one attached hydrogen (secondary N) is 1. The molecule has 1 amide bonds. The van der Waals surface area contributed by atoms with Crippen molar-refractivity contribution in [2.45, 2.75) is 6.10 Å². The van der Waals surface area contributed by atoms with Gasteiger partial charge in [-0.3, -0.25) is 4.79 Å². The predicted octanol–water partition coefficient (Wildman–Crippen LogP) is 3.00. The van der Waals surface area contributed by atoms with Gasteiger partial charge in [-0.2, -0.15) is 0 Å². The van der Waals surface area contributed by atoms with Crippen molar-refractivity contribution in [3.8, 4) is 11.5 Å². The minimum absolute atomic E-state index is 0.224. The summed E-state index contributed by atoms with van der Waals surface area (Å²) in [4.78, 5) is 12.2. The van der Waals surface area contributed by atoms with Gasteiger partial charge in [0.1, 0.15) is 18.3 Å². The van der Waals surface area contributed by atoms with Crippen LogP contribution < -0.4 is 14.8 Å². The average molecular weight is 309 g/mol. The summed E-state index contributed by atoms with van der Waals surface area (Å²) in [6, 6.07) is 16.7. The van der Waals surface area contributed by atoms with E-state index in [0.717, 1.165) is 11.1 Å². The minimum Gasteiger partial charge on any atom is -0.486 e. The van der Waals surface area contributed by atoms with Crippen LogP contribution in [0.3, 0.4) is 0 Å². The quantitative estimate of drug-likeness (QED) is 0.808. The number of rotatable bonds is 3. The van der Waals surface area contributed by atoms with Crippen LogP contribution in [-0.2, 0) is 0 Å². The Hall–Kier alpha value is -2.95. The fourth-order valence-corrected chi connectivity index (χ4v) is 2.55. The molecule has 116 valence electrons. The Morgan fingerprint density at radius 3 is 2.74 bits per heavy atom. The molecule has 0 unspecified atom stereocenters. The predicted molar refractivity (Wildman–Crippen MR) is 84.9 cm³/mol. The van der Waals surface area contributed by atoms with E-state index in [1.165, 1.54) is 0 Å². The number of carbonyl (C=O) groups is 1. The first-order valence-corrected chi connectivity index (χ1v) is 7.45. The van der Waals surface area contributed by atoms with E-state index >= 15 is 0 Å². The van der Waals surface area contributed by atoms with Crippen molar-refractivity contribution in [1.82, 2.24) is 5.32 Å². The van der Waals surface area contributed by atoms with Gasteiger partial charge >= 0.3 is 0 Å². The zero-order valence-electron chi connectivity index (χ0n) is 12.3. The molecule has 0 saturated heterocycles. The Labute approximate surface area is 132 Å². The third-order valence-corrected chi connectivity index (χ3v) is 3.71. The van der Waals surface area contributed by atoms with Crippen molar-refractivity contribution in [3.05, 3.63) is 60.4 Å². The van der Waals surface area contributed by atoms with E-state index in [1.807, 2.05) is 48.5 Å². The van der Waals surface area contributed by atoms with Crippen LogP contribution in [-0.4, -0.2) is 25.2 Å². The normalized spacial score (nSPS) is 16.3. The molecule has 4 rings (SSSR count). The first-order chi connectivity index (χ1) is 11.3. The highest BCUT2D eigenvalue weighted by molar-refractivity contribution is 5.96. The van der Waals surface area contributed by atoms with Crippen LogP contribution in [0.25, 0.3) is 11.0 Å². The second-order valence-electron chi connectivity index (χ2n) is 5.36. The maximum atomic E-state index is 12.2. The third kappa shape index (κ3) is 2.73. The zero-order chi connectivity index (χ0) is 15.6. The molecule has 0 radical (unpaired) electrons. The number of hydrogen-bond donors (Lipinski definition) is 1. The summed E-state index contributed by atoms with van der Waals surface area (Å²) in [6.45, 7) is 0.752. The van der Waals surface area contributed by atoms with E-state index in [1.54, 1.807) is 6.07 Å². The van der Waals surface area contributed by atoms with Crippen LogP contribution >= 0.6 is 0 Å². The molecule has 5 nitrogen and oxygen atoms in total. The minimum atomic E-state index is -0.261. The van der Waals surface area contributed by atoms with E-state index in [9.17, 15) is 4.79 Å². The van der Waals surface area contributed by atoms with Gasteiger partial charge in [-0.05, 0) is 24.3 Å². The lowest BCUT2D eigenvalue weighted by molar-refractivity contribution is 0.0774. The average Bonchev–Trinajstić information content (AvgIpc) is 3.04. The maximum Gasteiger partial charge on any atom is 0.287 e. The van der Waals surface area contributed by atoms with Gasteiger partial charge in [-0.25, -0.2) is 0 Å². The van der Waals surface area contributed by atoms with Crippen molar-refractivity contribution in [1.29, 1.82) is 0 Å². The molecule has 5 heteroatoms. The molecule has 1 atom stereocenters. The maximum absolute atomic E-state index is 12.2. The molecule has 0 fully saturated rings. The summed E-state index contributed by atoms with van der Waals surface area (Å²) in [5.74, 6) is 1.46. The lowest BCUT2D eigenvalue weighted by Crippen LogP contribution is -2.40. The highest BCUT2D eigenvalue weighted by Crippen LogP contribution is 2.30. The molecular formula is C18H15NO4. The highest BCUT2D eigenvalue weighted by Gasteiger charge is 2.22. The number of furan rings is 1. The molecule has 0 aliphatic carbocycles. The molecule has 0 spiro atoms. The number of carbonyl (C=O) groups excluding carboxylic acids is 1. The molecule has 2 heterocycles. The van der Waals surface area contributed by atoms with Gasteiger partial charge in [0, 0.05) is 5.39 Å². The lowest BCUT2D eigenvalue weighted by Gasteiger charge is -2.26. The number of para-hydroxylation sites is 3. The monoisotopic (exact) mass is 309 g/mol. The van der Waals surface area contributed by atoms with Crippen molar-refractivity contribution < 1.29 is 18.7 Å². The van der Waals surface area contributed by atoms with Gasteiger partial charge in [-0.1, -0.05) is 30.3 Å². The summed E-state index contributed by atoms with van der Waals surface area (Å²) >= 11 is 0. The highest BCUT2D eigenvalue weighted by atomic mass is 16.6. The molecule has 1 aliphatic rings. The first kappa shape index (κ1) is 13.7. The van der Waals surface area contributed by atoms with Crippen molar-refractivity contribution in [3.63, 3.8) is 0 Å². The number of benzene rings is 2. The molecule has 1 N–H and O–H groups in total. The number of amides is 1. The molecule has 0 bridgehead atoms. The Bertz CT molecular complexity index is 822. The van der Waals surface area contributed by atoms with Crippen molar-refractivity contribution in [2.24, 2.45) is 0 Å². The molecular weight excluding hydrogens is 294 g/mol. The van der Waals surface area contributed by atoms with E-state index in [2.05, 4.69) is 5.32 Å². The Kier molecular flexibility index (Phi) is 3.38. The van der Waals surface area contributed by atoms with Crippen LogP contribution in [0.5, 0.6) is 11.5 Å². The summed E-state index contributed by atoms with van der Waals surface area (Å²) in [5, 5.41) is 3.73. The SMILES string of the molecule is O=C(NC[C@@H]1COc2ccccc2O1)c1cc2ccccc2o1. The molecule has 2 aromatic carbocycles. The molecule has 0 saturated carbocycles. The zero-order valence-corrected chi connectivity index (χ0v) is 12.3. The summed E-state index contributed by atoms with van der Waals surface area (Å²) in [7, 11) is 0. The fraction of sp³-hybridized carbons (Fsp3) is 0.167. The fourth-order valence-electron chi connectivity index (χ4n) is 2.55. The van der Waals surface area contributed by atoms with Gasteiger partial charge in [0.25, 0.3) is 5.91 Å². The Balaban J connectivity index is 1.40. The van der Waals surface area contributed by atoms with Crippen molar-refractivity contribution >= 4 is 16.9 Å². The van der Waals surface area contributed by atoms with Gasteiger partial charge in [0.05, 0.1) is 6.54 Å². The molecule has 1 aliphatic heterocycles. The topological polar surface area (TPSA) is 60.7 Å². The van der Waals surface area contributed by atoms with Gasteiger partial charge in [-0.15, -0.1) is 0 Å². The Morgan fingerprint density at radius 1 is 1.09 bits per heavy atom. The van der Waals surface area contributed by atoms with Crippen LogP contribution in [0.1, 0.15) is 10.6 Å². The van der Waals surface area contributed by atoms with E-state index < -0.39 is 0 Å². The number of hydrogen-bond acceptors (Lipinski definition) is 4. The second kappa shape index (κ2) is 5.68. The summed E-state index contributed by atoms with van der Waals surface area (Å²) in [5.41, 5.74) is 0.698. The second-order valence-corrected chi connectivity index (χ2v) is 5.36. The van der Waals surface area contributed by atoms with Gasteiger partial charge < -0.3 is 19.2 Å². The Morgan fingerprint density at radius 2 is 1.87 bits per heavy atom. The van der Waals surface area contributed by atoms with Crippen LogP contribution in [0.4, 0.5) is 0 Å². The third-order valence-electron chi connectivity index (χ3n) is 3.71. The lowest BCUT2D eigenvalue weighted by atomic mass is 10.2. The van der Waals surface area contributed by atoms with Gasteiger partial charge in [0.15, 0.2) is 17.3 Å². The first-order valence-electron chi connectivity index (χ1n) is 7.45. The van der Waals surface area contributed by atoms with E-state index in [0.29, 0.717) is 30.2 Å². The van der Waals surface area contributed by atoms with Crippen LogP contribution in [0.15, 0.2) is 59.0 Å². The van der Waals surface area contributed by atoms with E-state index in [4.69, 9.17) is 13.9 Å². The van der Waals surface area contributed by atoms with Crippen molar-refractivity contribution in [2.75, 3.05) is 13.2 Å². The molecule has 3 aromatic rings. The van der Waals surface area contributed by atoms with Gasteiger partial charge in [0.2, 0.25) is 0 Å². The largest absolute Gasteiger partial charge is 0.486 e. The van der Waals surface area contributed by atoms with E-state index in [-0.39, 0.29) is 12.0 Å². The number of ether oxygens (including phenoxy) is 2. The molecule has 1 aromatic heterocycles. The molecule has 23 heavy (non-hydrogen) atoms. The number of fused-ring (bicyclic) bond motifs is 2. The summed E-state index contributed by atoms with van der Waals surface area (Å²) < 4.78 is 17.0. The smallest absolute Gasteiger partial charge is 0.287 e. The van der Waals surface area contributed by atoms with Crippen LogP contribution in [0, 0.1) is 0 Å². The van der Waals surface area contributed by atoms with Crippen LogP contribution in [0.2, 0.25) is 0 Å².